The summed E-state index contributed by atoms with van der Waals surface area (Å²) in [7, 11) is 0. The molecule has 6 rings (SSSR count). The van der Waals surface area contributed by atoms with E-state index in [0.717, 1.165) is 43.3 Å². The van der Waals surface area contributed by atoms with Crippen LogP contribution in [0.4, 0.5) is 0 Å². The second-order valence-electron chi connectivity index (χ2n) is 13.1. The molecule has 0 spiro atoms. The minimum absolute atomic E-state index is 0. The van der Waals surface area contributed by atoms with Crippen LogP contribution in [0.15, 0.2) is 72.6 Å². The Morgan fingerprint density at radius 1 is 0.909 bits per heavy atom. The molecule has 0 unspecified atom stereocenters. The Labute approximate surface area is 275 Å². The third-order valence-electron chi connectivity index (χ3n) is 8.83. The molecular weight excluding hydrogens is 721 g/mol. The molecule has 1 radical (unpaired) electrons. The van der Waals surface area contributed by atoms with E-state index in [0.29, 0.717) is 0 Å². The van der Waals surface area contributed by atoms with Crippen LogP contribution in [0.2, 0.25) is 0 Å². The zero-order chi connectivity index (χ0) is 30.9. The number of benzene rings is 3. The molecular formula is C39H45IrN2O2-. The summed E-state index contributed by atoms with van der Waals surface area (Å²) in [5.41, 5.74) is 5.02. The Balaban J connectivity index is 0.000000239. The molecule has 0 aliphatic heterocycles. The topological polar surface area (TPSA) is 54.6 Å². The fraction of sp³-hybridized carbons (Fsp3) is 0.385. The van der Waals surface area contributed by atoms with Gasteiger partial charge in [0.2, 0.25) is 0 Å². The van der Waals surface area contributed by atoms with Gasteiger partial charge in [-0.2, -0.15) is 24.3 Å². The van der Waals surface area contributed by atoms with E-state index >= 15 is 0 Å². The number of nitrogens with zero attached hydrogens (tertiary/aromatic N) is 2. The summed E-state index contributed by atoms with van der Waals surface area (Å²) in [5, 5.41) is 17.4. The van der Waals surface area contributed by atoms with Crippen molar-refractivity contribution >= 4 is 54.8 Å². The molecule has 0 atom stereocenters. The third-order valence-corrected chi connectivity index (χ3v) is 8.83. The Hall–Kier alpha value is -3.27. The largest absolute Gasteiger partial charge is 0.512 e. The van der Waals surface area contributed by atoms with Crippen molar-refractivity contribution in [3.63, 3.8) is 0 Å². The zero-order valence-corrected chi connectivity index (χ0v) is 29.5. The van der Waals surface area contributed by atoms with Crippen LogP contribution in [0.25, 0.3) is 49.0 Å². The van der Waals surface area contributed by atoms with Gasteiger partial charge in [0.25, 0.3) is 0 Å². The van der Waals surface area contributed by atoms with Gasteiger partial charge in [0.15, 0.2) is 5.78 Å². The van der Waals surface area contributed by atoms with Gasteiger partial charge in [-0.05, 0) is 65.3 Å². The normalized spacial score (nSPS) is 12.5. The molecule has 0 fully saturated rings. The number of ketones is 1. The van der Waals surface area contributed by atoms with Crippen LogP contribution in [0.5, 0.6) is 0 Å². The van der Waals surface area contributed by atoms with Gasteiger partial charge >= 0.3 is 0 Å². The number of aliphatic hydroxyl groups excluding tert-OH is 1. The minimum atomic E-state index is 0. The van der Waals surface area contributed by atoms with Crippen LogP contribution < -0.4 is 0 Å². The average molecular weight is 766 g/mol. The summed E-state index contributed by atoms with van der Waals surface area (Å²) in [6, 6.07) is 23.2. The monoisotopic (exact) mass is 766 g/mol. The van der Waals surface area contributed by atoms with E-state index in [-0.39, 0.29) is 48.9 Å². The zero-order valence-electron chi connectivity index (χ0n) is 27.1. The smallest absolute Gasteiger partial charge is 0.162 e. The molecule has 0 bridgehead atoms. The van der Waals surface area contributed by atoms with Crippen LogP contribution in [0.1, 0.15) is 79.7 Å². The van der Waals surface area contributed by atoms with Crippen molar-refractivity contribution < 1.29 is 30.0 Å². The number of fused-ring (bicyclic) bond motifs is 5. The van der Waals surface area contributed by atoms with Gasteiger partial charge in [-0.15, -0.1) is 5.39 Å². The van der Waals surface area contributed by atoms with E-state index in [9.17, 15) is 9.90 Å². The van der Waals surface area contributed by atoms with Crippen LogP contribution in [0.3, 0.4) is 0 Å². The maximum absolute atomic E-state index is 11.7. The van der Waals surface area contributed by atoms with Gasteiger partial charge in [0, 0.05) is 60.5 Å². The number of rotatable bonds is 8. The third kappa shape index (κ3) is 6.41. The first kappa shape index (κ1) is 33.6. The van der Waals surface area contributed by atoms with Crippen molar-refractivity contribution in [2.75, 3.05) is 0 Å². The quantitative estimate of drug-likeness (QED) is 0.0552. The summed E-state index contributed by atoms with van der Waals surface area (Å²) in [6.45, 7) is 15.0. The molecule has 0 aliphatic carbocycles. The van der Waals surface area contributed by atoms with Gasteiger partial charge in [0.1, 0.15) is 5.65 Å². The molecule has 6 aromatic rings. The molecule has 4 nitrogen and oxygen atoms in total. The first-order valence-corrected chi connectivity index (χ1v) is 15.9. The van der Waals surface area contributed by atoms with E-state index in [2.05, 4.69) is 79.8 Å². The summed E-state index contributed by atoms with van der Waals surface area (Å²) < 4.78 is 2.30. The Bertz CT molecular complexity index is 1920. The molecule has 5 heteroatoms. The summed E-state index contributed by atoms with van der Waals surface area (Å²) in [4.78, 5) is 16.5. The number of para-hydroxylation sites is 2. The molecule has 0 aliphatic rings. The van der Waals surface area contributed by atoms with Crippen molar-refractivity contribution in [1.29, 1.82) is 0 Å². The standard InChI is InChI=1S/C26H21N2.C13H24O2.Ir/c1-26(2,3)15-16-13-17-11-12-27-25-23(17)21(14-16)20-9-6-8-19-18-7-4-5-10-22(18)28(25)24(19)20;1-5-10(6-2)12(14)9-13(15)11(7-3)8-4;/h4-9,11-14H,15H2,1-3H3;9-11,14H,5-8H2,1-4H3;/q-1;;/b;12-9-;. The summed E-state index contributed by atoms with van der Waals surface area (Å²) >= 11 is 0. The van der Waals surface area contributed by atoms with Crippen molar-refractivity contribution in [3.05, 3.63) is 84.3 Å². The van der Waals surface area contributed by atoms with E-state index in [1.54, 1.807) is 0 Å². The second-order valence-corrected chi connectivity index (χ2v) is 13.1. The summed E-state index contributed by atoms with van der Waals surface area (Å²) in [5.74, 6) is 0.547. The van der Waals surface area contributed by atoms with Gasteiger partial charge in [-0.1, -0.05) is 84.3 Å². The Kier molecular flexibility index (Phi) is 10.5. The fourth-order valence-electron chi connectivity index (χ4n) is 6.61. The molecule has 0 saturated carbocycles. The number of carbonyl (C=O) groups excluding carboxylic acids is 1. The maximum atomic E-state index is 11.7. The molecule has 3 heterocycles. The second kappa shape index (κ2) is 13.8. The SMILES string of the molecule is CC(C)(C)Cc1cc2ccnc3c2c(c1)c1cccc2c4ccc[c-]c4n3c12.CCC(CC)C(=O)/C=C(\O)C(CC)CC.[Ir]. The minimum Gasteiger partial charge on any atom is -0.512 e. The molecule has 233 valence electrons. The van der Waals surface area contributed by atoms with E-state index in [1.165, 1.54) is 49.5 Å². The molecule has 44 heavy (non-hydrogen) atoms. The number of aliphatic hydroxyl groups is 1. The van der Waals surface area contributed by atoms with Crippen molar-refractivity contribution in [2.24, 2.45) is 17.3 Å². The number of pyridine rings is 2. The first-order chi connectivity index (χ1) is 20.6. The number of carbonyl (C=O) groups is 1. The fourth-order valence-corrected chi connectivity index (χ4v) is 6.61. The van der Waals surface area contributed by atoms with Crippen LogP contribution in [-0.4, -0.2) is 20.3 Å². The van der Waals surface area contributed by atoms with Gasteiger partial charge in [-0.3, -0.25) is 4.79 Å². The molecule has 0 saturated heterocycles. The van der Waals surface area contributed by atoms with Gasteiger partial charge in [0.05, 0.1) is 5.76 Å². The predicted molar refractivity (Wildman–Crippen MR) is 182 cm³/mol. The van der Waals surface area contributed by atoms with Crippen LogP contribution in [0, 0.1) is 23.3 Å². The predicted octanol–water partition coefficient (Wildman–Crippen LogP) is 10.6. The number of allylic oxidation sites excluding steroid dienone is 2. The Morgan fingerprint density at radius 2 is 1.55 bits per heavy atom. The van der Waals surface area contributed by atoms with Crippen molar-refractivity contribution in [1.82, 2.24) is 9.38 Å². The molecule has 3 aromatic heterocycles. The first-order valence-electron chi connectivity index (χ1n) is 15.9. The van der Waals surface area contributed by atoms with E-state index in [1.807, 2.05) is 40.0 Å². The molecule has 0 amide bonds. The Morgan fingerprint density at radius 3 is 2.18 bits per heavy atom. The molecule has 3 aromatic carbocycles. The van der Waals surface area contributed by atoms with Crippen LogP contribution in [-0.2, 0) is 31.3 Å². The number of hydrogen-bond donors (Lipinski definition) is 1. The summed E-state index contributed by atoms with van der Waals surface area (Å²) in [6.07, 6.45) is 7.90. The number of aromatic nitrogens is 2. The maximum Gasteiger partial charge on any atom is 0.162 e. The van der Waals surface area contributed by atoms with Gasteiger partial charge in [-0.25, -0.2) is 4.98 Å². The van der Waals surface area contributed by atoms with E-state index in [4.69, 9.17) is 4.98 Å². The number of hydrogen-bond acceptors (Lipinski definition) is 3. The molecule has 1 N–H and O–H groups in total. The van der Waals surface area contributed by atoms with Crippen molar-refractivity contribution in [3.8, 4) is 0 Å². The average Bonchev–Trinajstić information content (AvgIpc) is 3.32. The van der Waals surface area contributed by atoms with Gasteiger partial charge < -0.3 is 9.51 Å². The van der Waals surface area contributed by atoms with Crippen molar-refractivity contribution in [2.45, 2.75) is 80.6 Å². The van der Waals surface area contributed by atoms with E-state index < -0.39 is 0 Å². The van der Waals surface area contributed by atoms with Crippen LogP contribution >= 0.6 is 0 Å².